The Morgan fingerprint density at radius 2 is 2.00 bits per heavy atom. The van der Waals surface area contributed by atoms with Gasteiger partial charge in [-0.15, -0.1) is 0 Å². The maximum atomic E-state index is 4.25. The van der Waals surface area contributed by atoms with Crippen molar-refractivity contribution >= 4 is 23.1 Å². The largest absolute Gasteiger partial charge is 0.361 e. The van der Waals surface area contributed by atoms with E-state index in [0.717, 1.165) is 11.2 Å². The molecule has 3 aromatic rings. The van der Waals surface area contributed by atoms with Crippen LogP contribution >= 0.6 is 0 Å². The second kappa shape index (κ2) is 4.26. The van der Waals surface area contributed by atoms with Crippen molar-refractivity contribution in [3.05, 3.63) is 66.1 Å². The molecule has 0 unspecified atom stereocenters. The molecule has 82 valence electrons. The van der Waals surface area contributed by atoms with Crippen molar-refractivity contribution in [3.63, 3.8) is 0 Å². The molecule has 3 rings (SSSR count). The number of hydrogen-bond donors (Lipinski definition) is 1. The van der Waals surface area contributed by atoms with Crippen molar-refractivity contribution < 1.29 is 0 Å². The summed E-state index contributed by atoms with van der Waals surface area (Å²) >= 11 is 0. The van der Waals surface area contributed by atoms with Crippen LogP contribution in [0.3, 0.4) is 0 Å². The van der Waals surface area contributed by atoms with Gasteiger partial charge >= 0.3 is 0 Å². The Bertz CT molecular complexity index is 651. The lowest BCUT2D eigenvalue weighted by Gasteiger charge is -1.95. The first-order valence-corrected chi connectivity index (χ1v) is 5.58. The predicted octanol–water partition coefficient (Wildman–Crippen LogP) is 3.73. The zero-order chi connectivity index (χ0) is 11.5. The molecular weight excluding hydrogens is 208 g/mol. The topological polar surface area (TPSA) is 28.7 Å². The highest BCUT2D eigenvalue weighted by molar-refractivity contribution is 5.83. The van der Waals surface area contributed by atoms with Crippen molar-refractivity contribution in [3.8, 4) is 0 Å². The standard InChI is InChI=1S/C15H12N2/c1-2-9-16-14(3-1)7-5-12-4-6-13-8-10-17-15(13)11-12/h1-11,17H. The maximum absolute atomic E-state index is 4.25. The van der Waals surface area contributed by atoms with Crippen LogP contribution in [0.4, 0.5) is 0 Å². The van der Waals surface area contributed by atoms with Crippen molar-refractivity contribution in [2.45, 2.75) is 0 Å². The molecule has 1 aromatic carbocycles. The highest BCUT2D eigenvalue weighted by Crippen LogP contribution is 2.15. The van der Waals surface area contributed by atoms with Crippen LogP contribution in [0, 0.1) is 0 Å². The summed E-state index contributed by atoms with van der Waals surface area (Å²) < 4.78 is 0. The van der Waals surface area contributed by atoms with E-state index in [9.17, 15) is 0 Å². The normalized spacial score (nSPS) is 11.3. The number of benzene rings is 1. The molecule has 2 heteroatoms. The summed E-state index contributed by atoms with van der Waals surface area (Å²) in [5.41, 5.74) is 3.30. The van der Waals surface area contributed by atoms with Crippen molar-refractivity contribution in [2.24, 2.45) is 0 Å². The number of hydrogen-bond acceptors (Lipinski definition) is 1. The third-order valence-corrected chi connectivity index (χ3v) is 2.71. The van der Waals surface area contributed by atoms with Gasteiger partial charge in [-0.05, 0) is 41.3 Å². The Balaban J connectivity index is 1.92. The van der Waals surface area contributed by atoms with E-state index in [-0.39, 0.29) is 0 Å². The summed E-state index contributed by atoms with van der Waals surface area (Å²) in [6, 6.07) is 14.3. The van der Waals surface area contributed by atoms with Crippen LogP contribution in [0.2, 0.25) is 0 Å². The molecule has 2 nitrogen and oxygen atoms in total. The Kier molecular flexibility index (Phi) is 2.47. The number of nitrogens with one attached hydrogen (secondary N) is 1. The Hall–Kier alpha value is -2.35. The zero-order valence-electron chi connectivity index (χ0n) is 9.30. The molecule has 1 N–H and O–H groups in total. The van der Waals surface area contributed by atoms with Gasteiger partial charge in [0.25, 0.3) is 0 Å². The minimum atomic E-state index is 0.971. The van der Waals surface area contributed by atoms with Crippen LogP contribution in [0.15, 0.2) is 54.9 Å². The molecule has 0 aliphatic rings. The van der Waals surface area contributed by atoms with Crippen LogP contribution in [0.1, 0.15) is 11.3 Å². The molecule has 0 aliphatic carbocycles. The predicted molar refractivity (Wildman–Crippen MR) is 71.5 cm³/mol. The van der Waals surface area contributed by atoms with Gasteiger partial charge in [-0.2, -0.15) is 0 Å². The first kappa shape index (κ1) is 9.85. The fourth-order valence-electron chi connectivity index (χ4n) is 1.83. The summed E-state index contributed by atoms with van der Waals surface area (Å²) in [5.74, 6) is 0. The van der Waals surface area contributed by atoms with Gasteiger partial charge in [0.15, 0.2) is 0 Å². The number of aromatic amines is 1. The fourth-order valence-corrected chi connectivity index (χ4v) is 1.83. The van der Waals surface area contributed by atoms with Crippen LogP contribution in [-0.4, -0.2) is 9.97 Å². The van der Waals surface area contributed by atoms with Gasteiger partial charge < -0.3 is 4.98 Å². The van der Waals surface area contributed by atoms with Crippen molar-refractivity contribution in [2.75, 3.05) is 0 Å². The van der Waals surface area contributed by atoms with Gasteiger partial charge in [0.2, 0.25) is 0 Å². The molecule has 0 radical (unpaired) electrons. The first-order chi connectivity index (χ1) is 8.42. The van der Waals surface area contributed by atoms with Gasteiger partial charge in [0.05, 0.1) is 5.69 Å². The van der Waals surface area contributed by atoms with E-state index in [2.05, 4.69) is 40.3 Å². The van der Waals surface area contributed by atoms with E-state index in [0.29, 0.717) is 0 Å². The van der Waals surface area contributed by atoms with Crippen LogP contribution in [0.5, 0.6) is 0 Å². The molecule has 0 bridgehead atoms. The highest BCUT2D eigenvalue weighted by atomic mass is 14.7. The summed E-state index contributed by atoms with van der Waals surface area (Å²) in [6.45, 7) is 0. The lowest BCUT2D eigenvalue weighted by atomic mass is 10.1. The quantitative estimate of drug-likeness (QED) is 0.700. The molecule has 0 saturated carbocycles. The van der Waals surface area contributed by atoms with Gasteiger partial charge in [0, 0.05) is 17.9 Å². The molecule has 0 spiro atoms. The molecule has 0 saturated heterocycles. The molecule has 17 heavy (non-hydrogen) atoms. The Morgan fingerprint density at radius 3 is 2.88 bits per heavy atom. The number of nitrogens with zero attached hydrogens (tertiary/aromatic N) is 1. The van der Waals surface area contributed by atoms with E-state index in [1.54, 1.807) is 6.20 Å². The average molecular weight is 220 g/mol. The van der Waals surface area contributed by atoms with E-state index >= 15 is 0 Å². The fraction of sp³-hybridized carbons (Fsp3) is 0. The second-order valence-electron chi connectivity index (χ2n) is 3.91. The number of rotatable bonds is 2. The second-order valence-corrected chi connectivity index (χ2v) is 3.91. The monoisotopic (exact) mass is 220 g/mol. The molecule has 0 fully saturated rings. The van der Waals surface area contributed by atoms with Crippen LogP contribution < -0.4 is 0 Å². The summed E-state index contributed by atoms with van der Waals surface area (Å²) in [4.78, 5) is 7.46. The molecule has 2 heterocycles. The summed E-state index contributed by atoms with van der Waals surface area (Å²) in [7, 11) is 0. The van der Waals surface area contributed by atoms with Gasteiger partial charge in [0.1, 0.15) is 0 Å². The zero-order valence-corrected chi connectivity index (χ0v) is 9.30. The maximum Gasteiger partial charge on any atom is 0.0629 e. The molecule has 0 atom stereocenters. The lowest BCUT2D eigenvalue weighted by Crippen LogP contribution is -1.77. The Labute approximate surface area is 99.6 Å². The third-order valence-electron chi connectivity index (χ3n) is 2.71. The highest BCUT2D eigenvalue weighted by Gasteiger charge is 1.94. The summed E-state index contributed by atoms with van der Waals surface area (Å²) in [6.07, 6.45) is 7.84. The van der Waals surface area contributed by atoms with Gasteiger partial charge in [-0.3, -0.25) is 4.98 Å². The average Bonchev–Trinajstić information content (AvgIpc) is 2.85. The van der Waals surface area contributed by atoms with Crippen molar-refractivity contribution in [1.29, 1.82) is 0 Å². The van der Waals surface area contributed by atoms with Crippen molar-refractivity contribution in [1.82, 2.24) is 9.97 Å². The van der Waals surface area contributed by atoms with E-state index in [1.165, 1.54) is 10.9 Å². The van der Waals surface area contributed by atoms with E-state index in [4.69, 9.17) is 0 Å². The van der Waals surface area contributed by atoms with Crippen LogP contribution in [-0.2, 0) is 0 Å². The molecule has 0 amide bonds. The molecular formula is C15H12N2. The van der Waals surface area contributed by atoms with Gasteiger partial charge in [-0.1, -0.05) is 24.3 Å². The summed E-state index contributed by atoms with van der Waals surface area (Å²) in [5, 5.41) is 1.24. The van der Waals surface area contributed by atoms with Gasteiger partial charge in [-0.25, -0.2) is 0 Å². The minimum Gasteiger partial charge on any atom is -0.361 e. The molecule has 0 aliphatic heterocycles. The smallest absolute Gasteiger partial charge is 0.0629 e. The lowest BCUT2D eigenvalue weighted by molar-refractivity contribution is 1.30. The van der Waals surface area contributed by atoms with Crippen LogP contribution in [0.25, 0.3) is 23.1 Å². The SMILES string of the molecule is C(=Cc1ccccn1)c1ccc2cc[nH]c2c1. The molecule has 2 aromatic heterocycles. The number of H-pyrrole nitrogens is 1. The third kappa shape index (κ3) is 2.11. The van der Waals surface area contributed by atoms with E-state index in [1.807, 2.05) is 30.5 Å². The minimum absolute atomic E-state index is 0.971. The van der Waals surface area contributed by atoms with E-state index < -0.39 is 0 Å². The Morgan fingerprint density at radius 1 is 1.00 bits per heavy atom. The number of pyridine rings is 1. The first-order valence-electron chi connectivity index (χ1n) is 5.58. The number of fused-ring (bicyclic) bond motifs is 1. The number of aromatic nitrogens is 2.